The second-order valence-electron chi connectivity index (χ2n) is 5.96. The highest BCUT2D eigenvalue weighted by atomic mass is 16.4. The molecule has 0 heterocycles. The van der Waals surface area contributed by atoms with Crippen molar-refractivity contribution in [3.05, 3.63) is 29.8 Å². The Bertz CT molecular complexity index is 497. The summed E-state index contributed by atoms with van der Waals surface area (Å²) in [7, 11) is 2.00. The van der Waals surface area contributed by atoms with E-state index in [0.717, 1.165) is 18.7 Å². The smallest absolute Gasteiger partial charge is 0.326 e. The van der Waals surface area contributed by atoms with Crippen LogP contribution in [0.5, 0.6) is 0 Å². The molecule has 0 aliphatic heterocycles. The highest BCUT2D eigenvalue weighted by Gasteiger charge is 2.21. The van der Waals surface area contributed by atoms with Gasteiger partial charge in [-0.3, -0.25) is 4.79 Å². The minimum Gasteiger partial charge on any atom is -0.480 e. The predicted molar refractivity (Wildman–Crippen MR) is 88.3 cm³/mol. The van der Waals surface area contributed by atoms with Crippen LogP contribution in [0, 0.1) is 5.92 Å². The van der Waals surface area contributed by atoms with E-state index in [1.54, 1.807) is 12.1 Å². The number of carbonyl (C=O) groups is 2. The van der Waals surface area contributed by atoms with Crippen molar-refractivity contribution in [2.75, 3.05) is 18.5 Å². The number of rotatable bonds is 8. The van der Waals surface area contributed by atoms with Gasteiger partial charge in [-0.1, -0.05) is 20.8 Å². The Morgan fingerprint density at radius 2 is 1.82 bits per heavy atom. The molecule has 1 rings (SSSR count). The fourth-order valence-electron chi connectivity index (χ4n) is 2.27. The van der Waals surface area contributed by atoms with Crippen LogP contribution in [-0.4, -0.2) is 36.6 Å². The molecule has 5 heteroatoms. The van der Waals surface area contributed by atoms with Crippen LogP contribution < -0.4 is 10.2 Å². The van der Waals surface area contributed by atoms with E-state index in [2.05, 4.69) is 17.1 Å². The summed E-state index contributed by atoms with van der Waals surface area (Å²) in [5.74, 6) is -1.15. The van der Waals surface area contributed by atoms with E-state index in [1.165, 1.54) is 0 Å². The van der Waals surface area contributed by atoms with Crippen LogP contribution in [0.3, 0.4) is 0 Å². The van der Waals surface area contributed by atoms with Crippen molar-refractivity contribution in [3.63, 3.8) is 0 Å². The molecule has 0 bridgehead atoms. The molecule has 0 saturated heterocycles. The lowest BCUT2D eigenvalue weighted by molar-refractivity contribution is -0.139. The molecule has 1 amide bonds. The van der Waals surface area contributed by atoms with Gasteiger partial charge in [-0.15, -0.1) is 0 Å². The third-order valence-corrected chi connectivity index (χ3v) is 3.44. The van der Waals surface area contributed by atoms with Crippen LogP contribution in [0.15, 0.2) is 24.3 Å². The number of anilines is 1. The van der Waals surface area contributed by atoms with E-state index < -0.39 is 12.0 Å². The fraction of sp³-hybridized carbons (Fsp3) is 0.529. The van der Waals surface area contributed by atoms with Crippen LogP contribution in [0.1, 0.15) is 44.0 Å². The Hall–Kier alpha value is -2.04. The number of hydrogen-bond acceptors (Lipinski definition) is 3. The van der Waals surface area contributed by atoms with Gasteiger partial charge in [0, 0.05) is 24.8 Å². The van der Waals surface area contributed by atoms with E-state index in [0.29, 0.717) is 12.0 Å². The Balaban J connectivity index is 2.74. The fourth-order valence-corrected chi connectivity index (χ4v) is 2.27. The van der Waals surface area contributed by atoms with Gasteiger partial charge in [0.1, 0.15) is 6.04 Å². The first-order chi connectivity index (χ1) is 10.3. The topological polar surface area (TPSA) is 69.6 Å². The van der Waals surface area contributed by atoms with Gasteiger partial charge in [0.05, 0.1) is 0 Å². The van der Waals surface area contributed by atoms with E-state index in [4.69, 9.17) is 0 Å². The standard InChI is InChI=1S/C17H26N2O3/c1-5-10-19(4)14-8-6-13(7-9-14)16(20)18-15(17(21)22)11-12(2)3/h6-9,12,15H,5,10-11H2,1-4H3,(H,18,20)(H,21,22). The molecule has 0 saturated carbocycles. The minimum atomic E-state index is -0.999. The van der Waals surface area contributed by atoms with Crippen LogP contribution in [0.25, 0.3) is 0 Å². The molecule has 1 unspecified atom stereocenters. The second kappa shape index (κ2) is 8.41. The molecule has 1 atom stereocenters. The molecule has 1 aromatic carbocycles. The molecule has 0 fully saturated rings. The largest absolute Gasteiger partial charge is 0.480 e. The van der Waals surface area contributed by atoms with Gasteiger partial charge in [0.15, 0.2) is 0 Å². The molecule has 122 valence electrons. The zero-order valence-electron chi connectivity index (χ0n) is 13.8. The zero-order chi connectivity index (χ0) is 16.7. The maximum atomic E-state index is 12.2. The molecule has 1 aromatic rings. The number of carboxylic acids is 1. The van der Waals surface area contributed by atoms with Gasteiger partial charge in [-0.2, -0.15) is 0 Å². The van der Waals surface area contributed by atoms with Gasteiger partial charge >= 0.3 is 5.97 Å². The SMILES string of the molecule is CCCN(C)c1ccc(C(=O)NC(CC(C)C)C(=O)O)cc1. The molecule has 2 N–H and O–H groups in total. The van der Waals surface area contributed by atoms with Crippen LogP contribution in [-0.2, 0) is 4.79 Å². The van der Waals surface area contributed by atoms with Crippen LogP contribution >= 0.6 is 0 Å². The maximum Gasteiger partial charge on any atom is 0.326 e. The van der Waals surface area contributed by atoms with E-state index in [1.807, 2.05) is 33.0 Å². The van der Waals surface area contributed by atoms with Gasteiger partial charge in [-0.25, -0.2) is 4.79 Å². The number of nitrogens with one attached hydrogen (secondary N) is 1. The van der Waals surface area contributed by atoms with Crippen LogP contribution in [0.2, 0.25) is 0 Å². The quantitative estimate of drug-likeness (QED) is 0.775. The predicted octanol–water partition coefficient (Wildman–Crippen LogP) is 2.76. The van der Waals surface area contributed by atoms with Crippen molar-refractivity contribution < 1.29 is 14.7 Å². The Morgan fingerprint density at radius 3 is 2.27 bits per heavy atom. The minimum absolute atomic E-state index is 0.200. The first-order valence-corrected chi connectivity index (χ1v) is 7.70. The number of nitrogens with zero attached hydrogens (tertiary/aromatic N) is 1. The van der Waals surface area contributed by atoms with Gasteiger partial charge in [-0.05, 0) is 43.0 Å². The number of carbonyl (C=O) groups excluding carboxylic acids is 1. The van der Waals surface area contributed by atoms with Crippen molar-refractivity contribution in [3.8, 4) is 0 Å². The van der Waals surface area contributed by atoms with Gasteiger partial charge in [0.25, 0.3) is 5.91 Å². The van der Waals surface area contributed by atoms with Crippen molar-refractivity contribution in [1.82, 2.24) is 5.32 Å². The van der Waals surface area contributed by atoms with Gasteiger partial charge in [0.2, 0.25) is 0 Å². The van der Waals surface area contributed by atoms with Crippen molar-refractivity contribution >= 4 is 17.6 Å². The molecule has 0 aliphatic rings. The highest BCUT2D eigenvalue weighted by Crippen LogP contribution is 2.14. The first kappa shape index (κ1) is 18.0. The summed E-state index contributed by atoms with van der Waals surface area (Å²) in [5, 5.41) is 11.8. The normalized spacial score (nSPS) is 12.0. The molecule has 0 aliphatic carbocycles. The highest BCUT2D eigenvalue weighted by molar-refractivity contribution is 5.96. The summed E-state index contributed by atoms with van der Waals surface area (Å²) >= 11 is 0. The number of hydrogen-bond donors (Lipinski definition) is 2. The number of benzene rings is 1. The summed E-state index contributed by atoms with van der Waals surface area (Å²) < 4.78 is 0. The Kier molecular flexibility index (Phi) is 6.89. The first-order valence-electron chi connectivity index (χ1n) is 7.70. The molecule has 0 aromatic heterocycles. The number of amides is 1. The average molecular weight is 306 g/mol. The van der Waals surface area contributed by atoms with Crippen LogP contribution in [0.4, 0.5) is 5.69 Å². The lowest BCUT2D eigenvalue weighted by atomic mass is 10.0. The Labute approximate surface area is 132 Å². The third-order valence-electron chi connectivity index (χ3n) is 3.44. The maximum absolute atomic E-state index is 12.2. The zero-order valence-corrected chi connectivity index (χ0v) is 13.8. The van der Waals surface area contributed by atoms with E-state index in [-0.39, 0.29) is 11.8 Å². The lowest BCUT2D eigenvalue weighted by Crippen LogP contribution is -2.41. The third kappa shape index (κ3) is 5.39. The molecular weight excluding hydrogens is 280 g/mol. The second-order valence-corrected chi connectivity index (χ2v) is 5.96. The van der Waals surface area contributed by atoms with Crippen molar-refractivity contribution in [2.24, 2.45) is 5.92 Å². The van der Waals surface area contributed by atoms with Gasteiger partial charge < -0.3 is 15.3 Å². The molecule has 0 radical (unpaired) electrons. The summed E-state index contributed by atoms with van der Waals surface area (Å²) in [6, 6.07) is 6.36. The summed E-state index contributed by atoms with van der Waals surface area (Å²) in [4.78, 5) is 25.5. The molecule has 5 nitrogen and oxygen atoms in total. The molecule has 22 heavy (non-hydrogen) atoms. The summed E-state index contributed by atoms with van der Waals surface area (Å²) in [6.45, 7) is 6.92. The summed E-state index contributed by atoms with van der Waals surface area (Å²) in [5.41, 5.74) is 1.51. The number of aliphatic carboxylic acids is 1. The van der Waals surface area contributed by atoms with E-state index >= 15 is 0 Å². The Morgan fingerprint density at radius 1 is 1.23 bits per heavy atom. The van der Waals surface area contributed by atoms with Crippen molar-refractivity contribution in [2.45, 2.75) is 39.7 Å². The monoisotopic (exact) mass is 306 g/mol. The van der Waals surface area contributed by atoms with E-state index in [9.17, 15) is 14.7 Å². The number of carboxylic acid groups (broad SMARTS) is 1. The molecule has 0 spiro atoms. The summed E-state index contributed by atoms with van der Waals surface area (Å²) in [6.07, 6.45) is 1.46. The van der Waals surface area contributed by atoms with Crippen molar-refractivity contribution in [1.29, 1.82) is 0 Å². The molecular formula is C17H26N2O3. The average Bonchev–Trinajstić information content (AvgIpc) is 2.46. The lowest BCUT2D eigenvalue weighted by Gasteiger charge is -2.19.